The Bertz CT molecular complexity index is 1240. The monoisotopic (exact) mass is 428 g/mol. The molecular formula is C23H20N6O3. The number of carbonyl (C=O) groups is 1. The van der Waals surface area contributed by atoms with Crippen LogP contribution in [0.25, 0.3) is 6.08 Å². The van der Waals surface area contributed by atoms with Gasteiger partial charge in [0.15, 0.2) is 6.23 Å². The highest BCUT2D eigenvalue weighted by Crippen LogP contribution is 2.67. The van der Waals surface area contributed by atoms with Gasteiger partial charge < -0.3 is 20.5 Å². The number of ether oxygens (including phenoxy) is 1. The van der Waals surface area contributed by atoms with Crippen LogP contribution in [0.1, 0.15) is 58.2 Å². The molecule has 9 heteroatoms. The average Bonchev–Trinajstić information content (AvgIpc) is 2.98. The second-order valence-electron chi connectivity index (χ2n) is 8.87. The molecule has 1 amide bonds. The van der Waals surface area contributed by atoms with Gasteiger partial charge in [0.05, 0.1) is 23.1 Å². The number of allylic oxidation sites excluding steroid dienone is 1. The summed E-state index contributed by atoms with van der Waals surface area (Å²) >= 11 is 0. The Hall–Kier alpha value is -3.95. The molecule has 1 aromatic heterocycles. The number of hydrogen-bond donors (Lipinski definition) is 3. The van der Waals surface area contributed by atoms with Gasteiger partial charge in [-0.15, -0.1) is 0 Å². The number of anilines is 1. The zero-order valence-electron chi connectivity index (χ0n) is 17.6. The second-order valence-corrected chi connectivity index (χ2v) is 8.87. The molecule has 0 radical (unpaired) electrons. The van der Waals surface area contributed by atoms with Gasteiger partial charge >= 0.3 is 0 Å². The van der Waals surface area contributed by atoms with Crippen molar-refractivity contribution in [2.45, 2.75) is 44.9 Å². The summed E-state index contributed by atoms with van der Waals surface area (Å²) in [5, 5.41) is 34.1. The van der Waals surface area contributed by atoms with Crippen LogP contribution < -0.4 is 15.4 Å². The molecule has 160 valence electrons. The molecule has 2 bridgehead atoms. The third-order valence-electron chi connectivity index (χ3n) is 6.34. The summed E-state index contributed by atoms with van der Waals surface area (Å²) in [6.45, 7) is 3.74. The van der Waals surface area contributed by atoms with Gasteiger partial charge in [0.25, 0.3) is 5.91 Å². The minimum Gasteiger partial charge on any atom is -0.438 e. The molecule has 9 nitrogen and oxygen atoms in total. The lowest BCUT2D eigenvalue weighted by molar-refractivity contribution is -0.0665. The Morgan fingerprint density at radius 2 is 1.94 bits per heavy atom. The molecule has 2 heterocycles. The maximum absolute atomic E-state index is 12.3. The summed E-state index contributed by atoms with van der Waals surface area (Å²) in [6.07, 6.45) is 4.00. The number of rotatable bonds is 5. The van der Waals surface area contributed by atoms with Gasteiger partial charge in [-0.05, 0) is 68.0 Å². The van der Waals surface area contributed by atoms with E-state index in [1.807, 2.05) is 32.0 Å². The first-order chi connectivity index (χ1) is 15.3. The summed E-state index contributed by atoms with van der Waals surface area (Å²) < 4.78 is 6.14. The number of aliphatic hydroxyl groups excluding tert-OH is 1. The topological polar surface area (TPSA) is 144 Å². The fraction of sp³-hybridized carbons (Fsp3) is 0.348. The number of nitriles is 2. The number of benzene rings is 1. The van der Waals surface area contributed by atoms with Crippen molar-refractivity contribution in [1.82, 2.24) is 15.3 Å². The minimum atomic E-state index is -1.27. The van der Waals surface area contributed by atoms with Crippen molar-refractivity contribution in [3.8, 4) is 23.8 Å². The number of aliphatic hydroxyl groups is 1. The summed E-state index contributed by atoms with van der Waals surface area (Å²) in [7, 11) is 0. The molecule has 3 fully saturated rings. The smallest absolute Gasteiger partial charge is 0.272 e. The summed E-state index contributed by atoms with van der Waals surface area (Å²) in [5.74, 6) is 0.375. The van der Waals surface area contributed by atoms with Crippen molar-refractivity contribution in [3.05, 3.63) is 46.2 Å². The Morgan fingerprint density at radius 3 is 2.56 bits per heavy atom. The van der Waals surface area contributed by atoms with E-state index in [0.717, 1.165) is 36.0 Å². The number of aromatic nitrogens is 2. The lowest BCUT2D eigenvalue weighted by Gasteiger charge is -2.66. The first-order valence-electron chi connectivity index (χ1n) is 10.2. The van der Waals surface area contributed by atoms with Gasteiger partial charge in [-0.25, -0.2) is 4.98 Å². The van der Waals surface area contributed by atoms with E-state index in [2.05, 4.69) is 26.7 Å². The van der Waals surface area contributed by atoms with E-state index in [1.54, 1.807) is 6.08 Å². The standard InChI is InChI=1S/C23H20N6O3/c1-12-6-14(4-3-5-24)7-13(2)17(12)32-20-15-16(19(31)27-18(15)30)26-21(28-20)29-23-8-22(9-23,10-23)11-25/h3-4,6-7,18,30H,8-10H2,1-2H3,(H,27,31)(H,26,28,29)/b4-3+. The SMILES string of the molecule is Cc1cc(/C=C/C#N)cc(C)c1Oc1nc(NC23CC(C#N)(C2)C3)nc2c1C(O)NC2=O. The number of carbonyl (C=O) groups excluding carboxylic acids is 1. The molecule has 0 saturated heterocycles. The van der Waals surface area contributed by atoms with Crippen LogP contribution in [0.15, 0.2) is 18.2 Å². The van der Waals surface area contributed by atoms with E-state index in [9.17, 15) is 15.2 Å². The van der Waals surface area contributed by atoms with Crippen LogP contribution in [-0.2, 0) is 0 Å². The van der Waals surface area contributed by atoms with Crippen LogP contribution in [0.5, 0.6) is 11.6 Å². The van der Waals surface area contributed by atoms with E-state index in [4.69, 9.17) is 10.00 Å². The average molecular weight is 428 g/mol. The van der Waals surface area contributed by atoms with E-state index >= 15 is 0 Å². The van der Waals surface area contributed by atoms with Crippen molar-refractivity contribution in [3.63, 3.8) is 0 Å². The van der Waals surface area contributed by atoms with Crippen LogP contribution in [0.4, 0.5) is 5.95 Å². The third-order valence-corrected chi connectivity index (χ3v) is 6.34. The van der Waals surface area contributed by atoms with Crippen LogP contribution in [0.3, 0.4) is 0 Å². The minimum absolute atomic E-state index is 0.0653. The molecule has 3 aliphatic carbocycles. The predicted molar refractivity (Wildman–Crippen MR) is 113 cm³/mol. The maximum Gasteiger partial charge on any atom is 0.272 e. The highest BCUT2D eigenvalue weighted by molar-refractivity contribution is 5.98. The highest BCUT2D eigenvalue weighted by atomic mass is 16.5. The quantitative estimate of drug-likeness (QED) is 0.617. The molecule has 1 aliphatic heterocycles. The highest BCUT2D eigenvalue weighted by Gasteiger charge is 2.69. The second kappa shape index (κ2) is 6.78. The lowest BCUT2D eigenvalue weighted by Crippen LogP contribution is -2.70. The molecule has 1 aromatic carbocycles. The zero-order chi connectivity index (χ0) is 22.7. The summed E-state index contributed by atoms with van der Waals surface area (Å²) in [5.41, 5.74) is 2.27. The van der Waals surface area contributed by atoms with Crippen molar-refractivity contribution in [2.24, 2.45) is 5.41 Å². The van der Waals surface area contributed by atoms with Gasteiger partial charge in [0.1, 0.15) is 11.4 Å². The van der Waals surface area contributed by atoms with Gasteiger partial charge in [-0.2, -0.15) is 15.5 Å². The number of amides is 1. The van der Waals surface area contributed by atoms with Gasteiger partial charge in [0.2, 0.25) is 11.8 Å². The Morgan fingerprint density at radius 1 is 1.25 bits per heavy atom. The molecule has 1 atom stereocenters. The van der Waals surface area contributed by atoms with Gasteiger partial charge in [-0.3, -0.25) is 4.79 Å². The number of nitrogens with zero attached hydrogens (tertiary/aromatic N) is 4. The largest absolute Gasteiger partial charge is 0.438 e. The summed E-state index contributed by atoms with van der Waals surface area (Å²) in [4.78, 5) is 21.2. The molecule has 32 heavy (non-hydrogen) atoms. The molecular weight excluding hydrogens is 408 g/mol. The number of hydrogen-bond acceptors (Lipinski definition) is 8. The van der Waals surface area contributed by atoms with E-state index in [-0.39, 0.29) is 34.0 Å². The summed E-state index contributed by atoms with van der Waals surface area (Å²) in [6, 6.07) is 8.08. The van der Waals surface area contributed by atoms with Gasteiger partial charge in [0, 0.05) is 11.6 Å². The van der Waals surface area contributed by atoms with Crippen LogP contribution in [0.2, 0.25) is 0 Å². The lowest BCUT2D eigenvalue weighted by atomic mass is 9.40. The normalized spacial score (nSPS) is 26.9. The van der Waals surface area contributed by atoms with Crippen molar-refractivity contribution in [1.29, 1.82) is 10.5 Å². The van der Waals surface area contributed by atoms with E-state index < -0.39 is 12.1 Å². The van der Waals surface area contributed by atoms with Crippen LogP contribution >= 0.6 is 0 Å². The zero-order valence-corrected chi connectivity index (χ0v) is 17.6. The first-order valence-corrected chi connectivity index (χ1v) is 10.2. The van der Waals surface area contributed by atoms with Crippen molar-refractivity contribution >= 4 is 17.9 Å². The maximum atomic E-state index is 12.3. The molecule has 4 aliphatic rings. The molecule has 3 saturated carbocycles. The number of fused-ring (bicyclic) bond motifs is 1. The molecule has 0 spiro atoms. The fourth-order valence-corrected chi connectivity index (χ4v) is 5.01. The van der Waals surface area contributed by atoms with E-state index in [0.29, 0.717) is 5.75 Å². The van der Waals surface area contributed by atoms with Crippen molar-refractivity contribution < 1.29 is 14.6 Å². The number of aryl methyl sites for hydroxylation is 2. The van der Waals surface area contributed by atoms with E-state index in [1.165, 1.54) is 6.08 Å². The van der Waals surface area contributed by atoms with Gasteiger partial charge in [-0.1, -0.05) is 0 Å². The molecule has 6 rings (SSSR count). The van der Waals surface area contributed by atoms with Crippen LogP contribution in [0, 0.1) is 41.9 Å². The first kappa shape index (κ1) is 20.0. The molecule has 2 aromatic rings. The number of nitrogens with one attached hydrogen (secondary N) is 2. The Balaban J connectivity index is 1.50. The van der Waals surface area contributed by atoms with Crippen LogP contribution in [-0.4, -0.2) is 26.5 Å². The Kier molecular flexibility index (Phi) is 4.23. The predicted octanol–water partition coefficient (Wildman–Crippen LogP) is 3.02. The fourth-order valence-electron chi connectivity index (χ4n) is 5.01. The van der Waals surface area contributed by atoms with Crippen molar-refractivity contribution in [2.75, 3.05) is 5.32 Å². The molecule has 1 unspecified atom stereocenters. The third kappa shape index (κ3) is 2.98. The Labute approximate surface area is 184 Å². The molecule has 3 N–H and O–H groups in total.